The van der Waals surface area contributed by atoms with E-state index in [1.165, 1.54) is 0 Å². The molecule has 114 valence electrons. The Bertz CT molecular complexity index is 552. The Morgan fingerprint density at radius 3 is 2.48 bits per heavy atom. The second kappa shape index (κ2) is 5.84. The number of anilines is 1. The van der Waals surface area contributed by atoms with E-state index >= 15 is 0 Å². The number of piperazine rings is 1. The summed E-state index contributed by atoms with van der Waals surface area (Å²) in [6.45, 7) is 7.65. The molecular formula is C16H23N3O2. The molecule has 21 heavy (non-hydrogen) atoms. The number of carbonyl (C=O) groups is 2. The lowest BCUT2D eigenvalue weighted by Gasteiger charge is -2.45. The van der Waals surface area contributed by atoms with Crippen LogP contribution in [-0.4, -0.2) is 28.4 Å². The van der Waals surface area contributed by atoms with Crippen molar-refractivity contribution in [2.24, 2.45) is 0 Å². The number of carbonyl (C=O) groups excluding carboxylic acids is 2. The van der Waals surface area contributed by atoms with Crippen LogP contribution in [0.25, 0.3) is 0 Å². The van der Waals surface area contributed by atoms with Crippen LogP contribution in [0.5, 0.6) is 0 Å². The summed E-state index contributed by atoms with van der Waals surface area (Å²) in [7, 11) is 0. The molecule has 2 heterocycles. The maximum atomic E-state index is 13.1. The first-order valence-electron chi connectivity index (χ1n) is 7.58. The van der Waals surface area contributed by atoms with Crippen LogP contribution in [0.4, 0.5) is 5.69 Å². The molecule has 5 heteroatoms. The van der Waals surface area contributed by atoms with Crippen molar-refractivity contribution in [2.45, 2.75) is 58.5 Å². The fourth-order valence-electron chi connectivity index (χ4n) is 2.97. The van der Waals surface area contributed by atoms with Gasteiger partial charge in [-0.25, -0.2) is 0 Å². The largest absolute Gasteiger partial charge is 0.340 e. The molecule has 1 saturated heterocycles. The Morgan fingerprint density at radius 1 is 1.29 bits per heavy atom. The minimum Gasteiger partial charge on any atom is -0.340 e. The van der Waals surface area contributed by atoms with E-state index in [0.717, 1.165) is 11.4 Å². The van der Waals surface area contributed by atoms with E-state index in [2.05, 4.69) is 10.3 Å². The molecular weight excluding hydrogens is 266 g/mol. The standard InChI is InChI=1S/C16H23N3O2/c1-5-12-14(20)18-16(6-2,7-3)15(21)19(12)13-9-8-10-17-11(13)4/h8-10,12H,5-7H2,1-4H3,(H,18,20). The Hall–Kier alpha value is -1.91. The van der Waals surface area contributed by atoms with Gasteiger partial charge in [-0.15, -0.1) is 0 Å². The number of pyridine rings is 1. The first-order chi connectivity index (χ1) is 10.0. The number of nitrogens with zero attached hydrogens (tertiary/aromatic N) is 2. The minimum atomic E-state index is -0.801. The van der Waals surface area contributed by atoms with Crippen LogP contribution in [0, 0.1) is 6.92 Å². The van der Waals surface area contributed by atoms with Crippen molar-refractivity contribution >= 4 is 17.5 Å². The Kier molecular flexibility index (Phi) is 4.30. The summed E-state index contributed by atoms with van der Waals surface area (Å²) in [6, 6.07) is 3.19. The average molecular weight is 289 g/mol. The van der Waals surface area contributed by atoms with Crippen LogP contribution in [0.2, 0.25) is 0 Å². The van der Waals surface area contributed by atoms with Gasteiger partial charge in [-0.05, 0) is 38.3 Å². The molecule has 1 aromatic rings. The lowest BCUT2D eigenvalue weighted by Crippen LogP contribution is -2.70. The highest BCUT2D eigenvalue weighted by molar-refractivity contribution is 6.11. The van der Waals surface area contributed by atoms with Crippen molar-refractivity contribution in [2.75, 3.05) is 4.90 Å². The van der Waals surface area contributed by atoms with E-state index in [4.69, 9.17) is 0 Å². The molecule has 1 N–H and O–H groups in total. The molecule has 1 fully saturated rings. The van der Waals surface area contributed by atoms with E-state index in [-0.39, 0.29) is 11.8 Å². The van der Waals surface area contributed by atoms with Crippen LogP contribution in [0.1, 0.15) is 45.7 Å². The van der Waals surface area contributed by atoms with Gasteiger partial charge in [0.1, 0.15) is 11.6 Å². The highest BCUT2D eigenvalue weighted by Gasteiger charge is 2.49. The fraction of sp³-hybridized carbons (Fsp3) is 0.562. The lowest BCUT2D eigenvalue weighted by molar-refractivity contribution is -0.138. The van der Waals surface area contributed by atoms with Crippen molar-refractivity contribution in [3.63, 3.8) is 0 Å². The summed E-state index contributed by atoms with van der Waals surface area (Å²) in [5, 5.41) is 2.95. The van der Waals surface area contributed by atoms with Crippen molar-refractivity contribution in [3.8, 4) is 0 Å². The van der Waals surface area contributed by atoms with Gasteiger partial charge < -0.3 is 5.32 Å². The van der Waals surface area contributed by atoms with Crippen LogP contribution in [-0.2, 0) is 9.59 Å². The number of rotatable bonds is 4. The highest BCUT2D eigenvalue weighted by atomic mass is 16.2. The Morgan fingerprint density at radius 2 is 1.95 bits per heavy atom. The monoisotopic (exact) mass is 289 g/mol. The van der Waals surface area contributed by atoms with Crippen molar-refractivity contribution < 1.29 is 9.59 Å². The van der Waals surface area contributed by atoms with E-state index < -0.39 is 11.6 Å². The summed E-state index contributed by atoms with van der Waals surface area (Å²) in [5.74, 6) is -0.112. The molecule has 2 amide bonds. The topological polar surface area (TPSA) is 62.3 Å². The van der Waals surface area contributed by atoms with Crippen LogP contribution in [0.3, 0.4) is 0 Å². The van der Waals surface area contributed by atoms with Gasteiger partial charge in [0.05, 0.1) is 11.4 Å². The summed E-state index contributed by atoms with van der Waals surface area (Å²) in [5.41, 5.74) is 0.695. The average Bonchev–Trinajstić information content (AvgIpc) is 2.50. The van der Waals surface area contributed by atoms with Crippen molar-refractivity contribution in [1.82, 2.24) is 10.3 Å². The van der Waals surface area contributed by atoms with E-state index in [9.17, 15) is 9.59 Å². The van der Waals surface area contributed by atoms with Gasteiger partial charge in [-0.1, -0.05) is 20.8 Å². The molecule has 1 aromatic heterocycles. The van der Waals surface area contributed by atoms with E-state index in [1.807, 2.05) is 33.8 Å². The molecule has 0 bridgehead atoms. The molecule has 1 aliphatic heterocycles. The van der Waals surface area contributed by atoms with Crippen LogP contribution < -0.4 is 10.2 Å². The number of amides is 2. The highest BCUT2D eigenvalue weighted by Crippen LogP contribution is 2.31. The molecule has 0 aliphatic carbocycles. The maximum absolute atomic E-state index is 13.1. The zero-order valence-corrected chi connectivity index (χ0v) is 13.1. The van der Waals surface area contributed by atoms with Gasteiger partial charge in [-0.2, -0.15) is 0 Å². The molecule has 0 saturated carbocycles. The van der Waals surface area contributed by atoms with Gasteiger partial charge in [0.2, 0.25) is 5.91 Å². The smallest absolute Gasteiger partial charge is 0.253 e. The number of aryl methyl sites for hydroxylation is 1. The first-order valence-corrected chi connectivity index (χ1v) is 7.58. The molecule has 5 nitrogen and oxygen atoms in total. The van der Waals surface area contributed by atoms with E-state index in [0.29, 0.717) is 19.3 Å². The zero-order chi connectivity index (χ0) is 15.6. The predicted octanol–water partition coefficient (Wildman–Crippen LogP) is 2.19. The SMILES string of the molecule is CCC1C(=O)NC(CC)(CC)C(=O)N1c1cccnc1C. The summed E-state index contributed by atoms with van der Waals surface area (Å²) < 4.78 is 0. The number of nitrogens with one attached hydrogen (secondary N) is 1. The third-order valence-electron chi connectivity index (χ3n) is 4.44. The van der Waals surface area contributed by atoms with Crippen molar-refractivity contribution in [1.29, 1.82) is 0 Å². The number of aromatic nitrogens is 1. The third-order valence-corrected chi connectivity index (χ3v) is 4.44. The zero-order valence-electron chi connectivity index (χ0n) is 13.1. The first kappa shape index (κ1) is 15.5. The predicted molar refractivity (Wildman–Crippen MR) is 82.0 cm³/mol. The summed E-state index contributed by atoms with van der Waals surface area (Å²) in [4.78, 5) is 31.4. The number of hydrogen-bond donors (Lipinski definition) is 1. The van der Waals surface area contributed by atoms with Crippen LogP contribution >= 0.6 is 0 Å². The molecule has 0 spiro atoms. The van der Waals surface area contributed by atoms with Gasteiger partial charge in [0.25, 0.3) is 5.91 Å². The Balaban J connectivity index is 2.55. The minimum absolute atomic E-state index is 0.0324. The normalized spacial score (nSPS) is 21.3. The molecule has 1 unspecified atom stereocenters. The van der Waals surface area contributed by atoms with Crippen LogP contribution in [0.15, 0.2) is 18.3 Å². The van der Waals surface area contributed by atoms with Gasteiger partial charge in [0, 0.05) is 6.20 Å². The molecule has 0 radical (unpaired) electrons. The lowest BCUT2D eigenvalue weighted by atomic mass is 9.86. The molecule has 0 aromatic carbocycles. The molecule has 2 rings (SSSR count). The Labute approximate surface area is 125 Å². The maximum Gasteiger partial charge on any atom is 0.253 e. The number of hydrogen-bond acceptors (Lipinski definition) is 3. The molecule has 1 atom stereocenters. The molecule has 1 aliphatic rings. The van der Waals surface area contributed by atoms with E-state index in [1.54, 1.807) is 17.2 Å². The third kappa shape index (κ3) is 2.41. The van der Waals surface area contributed by atoms with Gasteiger partial charge >= 0.3 is 0 Å². The van der Waals surface area contributed by atoms with Crippen molar-refractivity contribution in [3.05, 3.63) is 24.0 Å². The second-order valence-corrected chi connectivity index (χ2v) is 5.49. The van der Waals surface area contributed by atoms with Gasteiger partial charge in [0.15, 0.2) is 0 Å². The quantitative estimate of drug-likeness (QED) is 0.924. The fourth-order valence-corrected chi connectivity index (χ4v) is 2.97. The summed E-state index contributed by atoms with van der Waals surface area (Å²) >= 11 is 0. The summed E-state index contributed by atoms with van der Waals surface area (Å²) in [6.07, 6.45) is 3.44. The van der Waals surface area contributed by atoms with Gasteiger partial charge in [-0.3, -0.25) is 19.5 Å². The second-order valence-electron chi connectivity index (χ2n) is 5.49.